The van der Waals surface area contributed by atoms with Crippen molar-refractivity contribution in [3.8, 4) is 0 Å². The maximum absolute atomic E-state index is 13.2. The SMILES string of the molecule is CCC.CCCCCCCC(=O)N(CCCN(C)C)C(CCCCCC)CCCCCCC. The van der Waals surface area contributed by atoms with E-state index >= 15 is 0 Å². The van der Waals surface area contributed by atoms with Gasteiger partial charge < -0.3 is 9.80 Å². The number of hydrogen-bond donors (Lipinski definition) is 0. The van der Waals surface area contributed by atoms with Gasteiger partial charge in [0.15, 0.2) is 0 Å². The van der Waals surface area contributed by atoms with Crippen LogP contribution in [0.2, 0.25) is 0 Å². The number of amides is 1. The van der Waals surface area contributed by atoms with Gasteiger partial charge in [-0.2, -0.15) is 0 Å². The molecule has 0 aliphatic carbocycles. The molecule has 0 rings (SSSR count). The Morgan fingerprint density at radius 1 is 0.576 bits per heavy atom. The molecule has 0 bridgehead atoms. The highest BCUT2D eigenvalue weighted by atomic mass is 16.2. The topological polar surface area (TPSA) is 23.6 Å². The zero-order valence-electron chi connectivity index (χ0n) is 24.2. The summed E-state index contributed by atoms with van der Waals surface area (Å²) >= 11 is 0. The summed E-state index contributed by atoms with van der Waals surface area (Å²) in [7, 11) is 4.27. The first-order chi connectivity index (χ1) is 16.0. The molecule has 0 saturated heterocycles. The molecule has 1 amide bonds. The van der Waals surface area contributed by atoms with Gasteiger partial charge in [0.2, 0.25) is 5.91 Å². The average molecular weight is 469 g/mol. The summed E-state index contributed by atoms with van der Waals surface area (Å²) < 4.78 is 0. The second-order valence-electron chi connectivity index (χ2n) is 10.3. The minimum atomic E-state index is 0.430. The summed E-state index contributed by atoms with van der Waals surface area (Å²) in [6.45, 7) is 13.1. The lowest BCUT2D eigenvalue weighted by Gasteiger charge is -2.33. The van der Waals surface area contributed by atoms with E-state index in [1.54, 1.807) is 0 Å². The number of carbonyl (C=O) groups is 1. The van der Waals surface area contributed by atoms with Gasteiger partial charge in [-0.1, -0.05) is 125 Å². The van der Waals surface area contributed by atoms with Gasteiger partial charge in [-0.3, -0.25) is 4.79 Å². The van der Waals surface area contributed by atoms with Crippen LogP contribution < -0.4 is 0 Å². The molecule has 3 nitrogen and oxygen atoms in total. The predicted octanol–water partition coefficient (Wildman–Crippen LogP) is 9.24. The molecule has 0 fully saturated rings. The Morgan fingerprint density at radius 2 is 1.00 bits per heavy atom. The molecule has 200 valence electrons. The predicted molar refractivity (Wildman–Crippen MR) is 150 cm³/mol. The van der Waals surface area contributed by atoms with E-state index in [-0.39, 0.29) is 0 Å². The summed E-state index contributed by atoms with van der Waals surface area (Å²) in [6, 6.07) is 0.466. The average Bonchev–Trinajstić information content (AvgIpc) is 2.78. The molecule has 0 aromatic rings. The largest absolute Gasteiger partial charge is 0.340 e. The van der Waals surface area contributed by atoms with E-state index in [9.17, 15) is 4.79 Å². The van der Waals surface area contributed by atoms with Crippen molar-refractivity contribution < 1.29 is 4.79 Å². The van der Waals surface area contributed by atoms with Crippen molar-refractivity contribution in [2.75, 3.05) is 27.2 Å². The van der Waals surface area contributed by atoms with Crippen LogP contribution in [0, 0.1) is 0 Å². The van der Waals surface area contributed by atoms with Gasteiger partial charge in [-0.05, 0) is 46.3 Å². The highest BCUT2D eigenvalue weighted by molar-refractivity contribution is 5.76. The van der Waals surface area contributed by atoms with Gasteiger partial charge in [0.1, 0.15) is 0 Å². The van der Waals surface area contributed by atoms with E-state index in [1.807, 2.05) is 0 Å². The Bertz CT molecular complexity index is 383. The maximum Gasteiger partial charge on any atom is 0.222 e. The molecule has 0 aromatic heterocycles. The number of unbranched alkanes of at least 4 members (excludes halogenated alkanes) is 11. The van der Waals surface area contributed by atoms with Crippen LogP contribution >= 0.6 is 0 Å². The number of carbonyl (C=O) groups excluding carboxylic acids is 1. The summed E-state index contributed by atoms with van der Waals surface area (Å²) in [6.07, 6.45) is 23.5. The summed E-state index contributed by atoms with van der Waals surface area (Å²) in [4.78, 5) is 17.8. The normalized spacial score (nSPS) is 11.9. The molecule has 0 saturated carbocycles. The van der Waals surface area contributed by atoms with Gasteiger partial charge in [0.25, 0.3) is 0 Å². The van der Waals surface area contributed by atoms with Crippen molar-refractivity contribution in [3.63, 3.8) is 0 Å². The third-order valence-corrected chi connectivity index (χ3v) is 6.29. The minimum Gasteiger partial charge on any atom is -0.340 e. The zero-order valence-corrected chi connectivity index (χ0v) is 24.2. The lowest BCUT2D eigenvalue weighted by Crippen LogP contribution is -2.41. The fourth-order valence-electron chi connectivity index (χ4n) is 4.34. The second kappa shape index (κ2) is 27.7. The van der Waals surface area contributed by atoms with Crippen LogP contribution in [0.1, 0.15) is 157 Å². The maximum atomic E-state index is 13.2. The van der Waals surface area contributed by atoms with E-state index < -0.39 is 0 Å². The Hall–Kier alpha value is -0.570. The van der Waals surface area contributed by atoms with Crippen LogP contribution in [-0.2, 0) is 4.79 Å². The van der Waals surface area contributed by atoms with E-state index in [1.165, 1.54) is 103 Å². The zero-order chi connectivity index (χ0) is 25.2. The van der Waals surface area contributed by atoms with Crippen molar-refractivity contribution >= 4 is 5.91 Å². The highest BCUT2D eigenvalue weighted by Gasteiger charge is 2.22. The van der Waals surface area contributed by atoms with Crippen molar-refractivity contribution in [1.29, 1.82) is 0 Å². The molecule has 0 N–H and O–H groups in total. The van der Waals surface area contributed by atoms with E-state index in [0.29, 0.717) is 11.9 Å². The van der Waals surface area contributed by atoms with E-state index in [4.69, 9.17) is 0 Å². The van der Waals surface area contributed by atoms with Crippen LogP contribution in [0.25, 0.3) is 0 Å². The van der Waals surface area contributed by atoms with E-state index in [0.717, 1.165) is 32.4 Å². The lowest BCUT2D eigenvalue weighted by molar-refractivity contribution is -0.134. The summed E-state index contributed by atoms with van der Waals surface area (Å²) in [5, 5.41) is 0. The second-order valence-corrected chi connectivity index (χ2v) is 10.3. The smallest absolute Gasteiger partial charge is 0.222 e. The Kier molecular flexibility index (Phi) is 29.0. The fourth-order valence-corrected chi connectivity index (χ4v) is 4.34. The molecule has 3 heteroatoms. The molecular formula is C30H64N2O. The summed E-state index contributed by atoms with van der Waals surface area (Å²) in [5.74, 6) is 0.430. The quantitative estimate of drug-likeness (QED) is 0.148. The third-order valence-electron chi connectivity index (χ3n) is 6.29. The van der Waals surface area contributed by atoms with Gasteiger partial charge in [-0.25, -0.2) is 0 Å². The standard InChI is InChI=1S/C27H56N2O.C3H8/c1-6-9-12-15-18-22-26(21-17-14-11-8-3)29(25-20-24-28(4)5)27(30)23-19-16-13-10-7-2;1-3-2/h26H,6-25H2,1-5H3;3H2,1-2H3. The molecule has 33 heavy (non-hydrogen) atoms. The van der Waals surface area contributed by atoms with E-state index in [2.05, 4.69) is 58.5 Å². The first kappa shape index (κ1) is 34.6. The van der Waals surface area contributed by atoms with Gasteiger partial charge in [0.05, 0.1) is 0 Å². The van der Waals surface area contributed by atoms with Crippen molar-refractivity contribution in [2.45, 2.75) is 163 Å². The van der Waals surface area contributed by atoms with Crippen molar-refractivity contribution in [2.24, 2.45) is 0 Å². The fraction of sp³-hybridized carbons (Fsp3) is 0.967. The molecule has 0 radical (unpaired) electrons. The van der Waals surface area contributed by atoms with Crippen molar-refractivity contribution in [1.82, 2.24) is 9.80 Å². The number of nitrogens with zero attached hydrogens (tertiary/aromatic N) is 2. The molecule has 0 aliphatic rings. The Morgan fingerprint density at radius 3 is 1.45 bits per heavy atom. The van der Waals surface area contributed by atoms with Gasteiger partial charge in [-0.15, -0.1) is 0 Å². The van der Waals surface area contributed by atoms with Crippen LogP contribution in [0.3, 0.4) is 0 Å². The monoisotopic (exact) mass is 469 g/mol. The third kappa shape index (κ3) is 24.4. The number of rotatable bonds is 22. The van der Waals surface area contributed by atoms with Crippen LogP contribution in [0.5, 0.6) is 0 Å². The molecule has 0 aliphatic heterocycles. The van der Waals surface area contributed by atoms with Crippen LogP contribution in [0.15, 0.2) is 0 Å². The molecule has 0 aromatic carbocycles. The minimum absolute atomic E-state index is 0.430. The molecule has 1 atom stereocenters. The Balaban J connectivity index is 0. The Labute approximate surface area is 210 Å². The molecule has 1 unspecified atom stereocenters. The molecule has 0 spiro atoms. The van der Waals surface area contributed by atoms with Crippen molar-refractivity contribution in [3.05, 3.63) is 0 Å². The van der Waals surface area contributed by atoms with Crippen LogP contribution in [0.4, 0.5) is 0 Å². The lowest BCUT2D eigenvalue weighted by atomic mass is 9.98. The first-order valence-corrected chi connectivity index (χ1v) is 14.9. The van der Waals surface area contributed by atoms with Gasteiger partial charge in [0, 0.05) is 19.0 Å². The molecular weight excluding hydrogens is 404 g/mol. The number of hydrogen-bond acceptors (Lipinski definition) is 2. The molecule has 0 heterocycles. The van der Waals surface area contributed by atoms with Gasteiger partial charge >= 0.3 is 0 Å². The highest BCUT2D eigenvalue weighted by Crippen LogP contribution is 2.20. The first-order valence-electron chi connectivity index (χ1n) is 14.9. The summed E-state index contributed by atoms with van der Waals surface area (Å²) in [5.41, 5.74) is 0. The van der Waals surface area contributed by atoms with Crippen LogP contribution in [-0.4, -0.2) is 48.9 Å².